The minimum atomic E-state index is 0.581. The van der Waals surface area contributed by atoms with Gasteiger partial charge in [0.05, 0.1) is 31.6 Å². The predicted octanol–water partition coefficient (Wildman–Crippen LogP) is 2.65. The quantitative estimate of drug-likeness (QED) is 0.643. The number of aliphatic imine (C=N–C) groups is 1. The van der Waals surface area contributed by atoms with Crippen LogP contribution in [0.25, 0.3) is 0 Å². The van der Waals surface area contributed by atoms with Crippen molar-refractivity contribution < 1.29 is 4.74 Å². The fourth-order valence-corrected chi connectivity index (χ4v) is 3.29. The number of hydrogen-bond acceptors (Lipinski definition) is 5. The number of hydrogen-bond donors (Lipinski definition) is 2. The number of guanidine groups is 1. The van der Waals surface area contributed by atoms with Crippen LogP contribution in [0, 0.1) is 27.7 Å². The largest absolute Gasteiger partial charge is 0.496 e. The summed E-state index contributed by atoms with van der Waals surface area (Å²) in [6, 6.07) is 0. The Morgan fingerprint density at radius 2 is 1.92 bits per heavy atom. The van der Waals surface area contributed by atoms with Crippen molar-refractivity contribution in [2.75, 3.05) is 14.2 Å². The highest BCUT2D eigenvalue weighted by Gasteiger charge is 2.10. The third-order valence-corrected chi connectivity index (χ3v) is 4.95. The molecule has 0 radical (unpaired) electrons. The maximum Gasteiger partial charge on any atom is 0.191 e. The van der Waals surface area contributed by atoms with Crippen LogP contribution in [0.2, 0.25) is 0 Å². The van der Waals surface area contributed by atoms with Gasteiger partial charge in [-0.05, 0) is 27.7 Å². The first kappa shape index (κ1) is 18.2. The summed E-state index contributed by atoms with van der Waals surface area (Å²) in [7, 11) is 3.44. The second kappa shape index (κ2) is 8.10. The zero-order chi connectivity index (χ0) is 17.7. The maximum atomic E-state index is 5.45. The Morgan fingerprint density at radius 3 is 2.50 bits per heavy atom. The summed E-state index contributed by atoms with van der Waals surface area (Å²) in [6.45, 7) is 9.37. The molecule has 2 heterocycles. The number of thiazole rings is 1. The second-order valence-corrected chi connectivity index (χ2v) is 6.86. The van der Waals surface area contributed by atoms with E-state index >= 15 is 0 Å². The summed E-state index contributed by atoms with van der Waals surface area (Å²) in [6.07, 6.45) is 1.83. The second-order valence-electron chi connectivity index (χ2n) is 5.57. The summed E-state index contributed by atoms with van der Waals surface area (Å²) < 4.78 is 5.45. The van der Waals surface area contributed by atoms with Gasteiger partial charge in [0.15, 0.2) is 5.96 Å². The van der Waals surface area contributed by atoms with Crippen LogP contribution in [0.5, 0.6) is 5.75 Å². The summed E-state index contributed by atoms with van der Waals surface area (Å²) in [5, 5.41) is 7.63. The van der Waals surface area contributed by atoms with Gasteiger partial charge in [-0.3, -0.25) is 9.98 Å². The Bertz CT molecular complexity index is 719. The van der Waals surface area contributed by atoms with E-state index in [0.29, 0.717) is 13.1 Å². The number of rotatable bonds is 5. The van der Waals surface area contributed by atoms with Gasteiger partial charge in [-0.1, -0.05) is 0 Å². The molecule has 130 valence electrons. The van der Waals surface area contributed by atoms with Gasteiger partial charge in [-0.2, -0.15) is 0 Å². The Kier molecular flexibility index (Phi) is 6.14. The van der Waals surface area contributed by atoms with E-state index in [1.807, 2.05) is 27.0 Å². The van der Waals surface area contributed by atoms with Gasteiger partial charge in [0.2, 0.25) is 0 Å². The molecule has 0 spiro atoms. The van der Waals surface area contributed by atoms with Gasteiger partial charge in [-0.25, -0.2) is 4.98 Å². The van der Waals surface area contributed by atoms with Crippen LogP contribution in [-0.2, 0) is 13.1 Å². The molecule has 2 aromatic heterocycles. The number of aryl methyl sites for hydroxylation is 3. The van der Waals surface area contributed by atoms with Crippen molar-refractivity contribution in [3.63, 3.8) is 0 Å². The lowest BCUT2D eigenvalue weighted by atomic mass is 10.1. The maximum absolute atomic E-state index is 5.45. The summed E-state index contributed by atoms with van der Waals surface area (Å²) in [5.74, 6) is 1.61. The molecule has 7 heteroatoms. The third kappa shape index (κ3) is 4.23. The SMILES string of the molecule is CN=C(NCc1nc(C)c(C)s1)NCc1ncc(C)c(OC)c1C. The molecule has 0 aromatic carbocycles. The average molecular weight is 347 g/mol. The molecule has 0 aliphatic rings. The molecule has 6 nitrogen and oxygen atoms in total. The van der Waals surface area contributed by atoms with E-state index in [1.54, 1.807) is 25.5 Å². The van der Waals surface area contributed by atoms with Crippen molar-refractivity contribution in [2.24, 2.45) is 4.99 Å². The molecule has 0 aliphatic heterocycles. The van der Waals surface area contributed by atoms with Gasteiger partial charge in [0.1, 0.15) is 10.8 Å². The van der Waals surface area contributed by atoms with Gasteiger partial charge < -0.3 is 15.4 Å². The van der Waals surface area contributed by atoms with Crippen molar-refractivity contribution in [3.8, 4) is 5.75 Å². The lowest BCUT2D eigenvalue weighted by molar-refractivity contribution is 0.406. The van der Waals surface area contributed by atoms with Gasteiger partial charge >= 0.3 is 0 Å². The van der Waals surface area contributed by atoms with E-state index in [-0.39, 0.29) is 0 Å². The van der Waals surface area contributed by atoms with Crippen LogP contribution in [-0.4, -0.2) is 30.1 Å². The third-order valence-electron chi connectivity index (χ3n) is 3.88. The fraction of sp³-hybridized carbons (Fsp3) is 0.471. The van der Waals surface area contributed by atoms with E-state index in [0.717, 1.165) is 39.2 Å². The van der Waals surface area contributed by atoms with Crippen molar-refractivity contribution in [1.29, 1.82) is 0 Å². The van der Waals surface area contributed by atoms with E-state index in [9.17, 15) is 0 Å². The molecule has 0 bridgehead atoms. The van der Waals surface area contributed by atoms with Crippen LogP contribution in [0.3, 0.4) is 0 Å². The zero-order valence-electron chi connectivity index (χ0n) is 15.1. The van der Waals surface area contributed by atoms with Gasteiger partial charge in [0.25, 0.3) is 0 Å². The topological polar surface area (TPSA) is 71.4 Å². The molecular formula is C17H25N5OS. The smallest absolute Gasteiger partial charge is 0.191 e. The highest BCUT2D eigenvalue weighted by molar-refractivity contribution is 7.11. The van der Waals surface area contributed by atoms with Crippen molar-refractivity contribution in [3.05, 3.63) is 38.6 Å². The lowest BCUT2D eigenvalue weighted by Gasteiger charge is -2.14. The van der Waals surface area contributed by atoms with Crippen LogP contribution in [0.1, 0.15) is 32.4 Å². The molecule has 0 atom stereocenters. The molecule has 0 aliphatic carbocycles. The Balaban J connectivity index is 1.97. The van der Waals surface area contributed by atoms with Gasteiger partial charge in [-0.15, -0.1) is 11.3 Å². The van der Waals surface area contributed by atoms with E-state index in [2.05, 4.69) is 32.5 Å². The first-order valence-electron chi connectivity index (χ1n) is 7.82. The summed E-state index contributed by atoms with van der Waals surface area (Å²) in [4.78, 5) is 14.5. The fourth-order valence-electron chi connectivity index (χ4n) is 2.41. The standard InChI is InChI=1S/C17H25N5OS/c1-10-7-19-14(11(2)16(10)23-6)8-20-17(18-5)21-9-15-22-12(3)13(4)24-15/h7H,8-9H2,1-6H3,(H2,18,20,21). The first-order valence-corrected chi connectivity index (χ1v) is 8.64. The molecule has 0 amide bonds. The van der Waals surface area contributed by atoms with E-state index < -0.39 is 0 Å². The molecule has 0 fully saturated rings. The number of pyridine rings is 1. The molecule has 24 heavy (non-hydrogen) atoms. The normalized spacial score (nSPS) is 11.5. The van der Waals surface area contributed by atoms with E-state index in [4.69, 9.17) is 4.74 Å². The van der Waals surface area contributed by atoms with Crippen LogP contribution in [0.4, 0.5) is 0 Å². The number of ether oxygens (including phenoxy) is 1. The van der Waals surface area contributed by atoms with E-state index in [1.165, 1.54) is 4.88 Å². The minimum Gasteiger partial charge on any atom is -0.496 e. The molecule has 2 aromatic rings. The number of methoxy groups -OCH3 is 1. The molecule has 0 unspecified atom stereocenters. The minimum absolute atomic E-state index is 0.581. The van der Waals surface area contributed by atoms with Crippen molar-refractivity contribution in [2.45, 2.75) is 40.8 Å². The highest BCUT2D eigenvalue weighted by atomic mass is 32.1. The first-order chi connectivity index (χ1) is 11.5. The highest BCUT2D eigenvalue weighted by Crippen LogP contribution is 2.23. The predicted molar refractivity (Wildman–Crippen MR) is 98.9 cm³/mol. The van der Waals surface area contributed by atoms with Crippen LogP contribution >= 0.6 is 11.3 Å². The molecule has 0 saturated carbocycles. The Morgan fingerprint density at radius 1 is 1.21 bits per heavy atom. The molecule has 2 N–H and O–H groups in total. The summed E-state index contributed by atoms with van der Waals surface area (Å²) >= 11 is 1.71. The lowest BCUT2D eigenvalue weighted by Crippen LogP contribution is -2.36. The van der Waals surface area contributed by atoms with Gasteiger partial charge in [0, 0.05) is 29.2 Å². The average Bonchev–Trinajstić information content (AvgIpc) is 2.88. The van der Waals surface area contributed by atoms with Crippen molar-refractivity contribution >= 4 is 17.3 Å². The molecule has 0 saturated heterocycles. The number of nitrogens with zero attached hydrogens (tertiary/aromatic N) is 3. The Hall–Kier alpha value is -2.15. The number of nitrogens with one attached hydrogen (secondary N) is 2. The molecular weight excluding hydrogens is 322 g/mol. The van der Waals surface area contributed by atoms with Crippen LogP contribution < -0.4 is 15.4 Å². The number of aromatic nitrogens is 2. The van der Waals surface area contributed by atoms with Crippen molar-refractivity contribution in [1.82, 2.24) is 20.6 Å². The molecule has 2 rings (SSSR count). The zero-order valence-corrected chi connectivity index (χ0v) is 16.0. The monoisotopic (exact) mass is 347 g/mol. The Labute approximate surface area is 147 Å². The summed E-state index contributed by atoms with van der Waals surface area (Å²) in [5.41, 5.74) is 4.12. The van der Waals surface area contributed by atoms with Crippen LogP contribution in [0.15, 0.2) is 11.2 Å².